The largest absolute Gasteiger partial charge is 0.383 e. The maximum atomic E-state index is 10.9. The molecule has 0 aliphatic rings. The van der Waals surface area contributed by atoms with Gasteiger partial charge in [0.1, 0.15) is 0 Å². The molecule has 2 N–H and O–H groups in total. The van der Waals surface area contributed by atoms with Crippen LogP contribution in [0.15, 0.2) is 0 Å². The monoisotopic (exact) mass is 216 g/mol. The minimum absolute atomic E-state index is 0.107. The fourth-order valence-corrected chi connectivity index (χ4v) is 1.47. The lowest BCUT2D eigenvalue weighted by atomic mass is 10.1. The number of nitrogens with one attached hydrogen (secondary N) is 2. The number of hydrogen-bond acceptors (Lipinski definition) is 3. The number of ether oxygens (including phenoxy) is 1. The highest BCUT2D eigenvalue weighted by Crippen LogP contribution is 1.97. The van der Waals surface area contributed by atoms with Crippen molar-refractivity contribution in [1.82, 2.24) is 10.6 Å². The lowest BCUT2D eigenvalue weighted by Gasteiger charge is -2.16. The number of carbonyl (C=O) groups is 1. The molecule has 0 heterocycles. The maximum absolute atomic E-state index is 10.9. The van der Waals surface area contributed by atoms with Gasteiger partial charge in [-0.1, -0.05) is 13.3 Å². The van der Waals surface area contributed by atoms with E-state index in [9.17, 15) is 4.79 Å². The first kappa shape index (κ1) is 14.4. The van der Waals surface area contributed by atoms with Crippen LogP contribution in [0.4, 0.5) is 0 Å². The van der Waals surface area contributed by atoms with E-state index >= 15 is 0 Å². The van der Waals surface area contributed by atoms with Crippen LogP contribution < -0.4 is 10.6 Å². The minimum Gasteiger partial charge on any atom is -0.383 e. The van der Waals surface area contributed by atoms with Crippen molar-refractivity contribution in [2.24, 2.45) is 0 Å². The third kappa shape index (κ3) is 8.39. The summed E-state index contributed by atoms with van der Waals surface area (Å²) < 4.78 is 5.11. The van der Waals surface area contributed by atoms with E-state index in [1.807, 2.05) is 0 Å². The molecule has 0 aromatic heterocycles. The Bertz CT molecular complexity index is 157. The van der Waals surface area contributed by atoms with Crippen LogP contribution in [0.3, 0.4) is 0 Å². The van der Waals surface area contributed by atoms with Crippen molar-refractivity contribution in [1.29, 1.82) is 0 Å². The van der Waals surface area contributed by atoms with Gasteiger partial charge in [0.2, 0.25) is 5.91 Å². The molecule has 90 valence electrons. The van der Waals surface area contributed by atoms with E-state index in [1.165, 1.54) is 0 Å². The van der Waals surface area contributed by atoms with Crippen LogP contribution in [0.5, 0.6) is 0 Å². The summed E-state index contributed by atoms with van der Waals surface area (Å²) in [6.45, 7) is 3.78. The van der Waals surface area contributed by atoms with Gasteiger partial charge >= 0.3 is 0 Å². The van der Waals surface area contributed by atoms with Gasteiger partial charge in [-0.3, -0.25) is 4.79 Å². The summed E-state index contributed by atoms with van der Waals surface area (Å²) in [6.07, 6.45) is 3.74. The summed E-state index contributed by atoms with van der Waals surface area (Å²) in [6, 6.07) is 0.421. The van der Waals surface area contributed by atoms with E-state index in [4.69, 9.17) is 4.74 Å². The third-order valence-electron chi connectivity index (χ3n) is 2.30. The molecule has 0 bridgehead atoms. The van der Waals surface area contributed by atoms with Crippen molar-refractivity contribution in [3.63, 3.8) is 0 Å². The van der Waals surface area contributed by atoms with E-state index in [-0.39, 0.29) is 5.91 Å². The third-order valence-corrected chi connectivity index (χ3v) is 2.30. The molecule has 4 nitrogen and oxygen atoms in total. The zero-order valence-electron chi connectivity index (χ0n) is 10.1. The quantitative estimate of drug-likeness (QED) is 0.563. The second-order valence-electron chi connectivity index (χ2n) is 3.67. The van der Waals surface area contributed by atoms with Gasteiger partial charge in [0.25, 0.3) is 0 Å². The minimum atomic E-state index is 0.107. The number of hydrogen-bond donors (Lipinski definition) is 2. The fraction of sp³-hybridized carbons (Fsp3) is 0.909. The van der Waals surface area contributed by atoms with Gasteiger partial charge in [-0.15, -0.1) is 0 Å². The molecule has 1 amide bonds. The van der Waals surface area contributed by atoms with Gasteiger partial charge in [-0.05, 0) is 19.4 Å². The topological polar surface area (TPSA) is 50.4 Å². The van der Waals surface area contributed by atoms with Crippen molar-refractivity contribution >= 4 is 5.91 Å². The molecule has 1 unspecified atom stereocenters. The van der Waals surface area contributed by atoms with Gasteiger partial charge in [-0.25, -0.2) is 0 Å². The lowest BCUT2D eigenvalue weighted by molar-refractivity contribution is -0.120. The molecule has 0 rings (SSSR count). The van der Waals surface area contributed by atoms with Crippen LogP contribution in [-0.2, 0) is 9.53 Å². The second kappa shape index (κ2) is 9.93. The Morgan fingerprint density at radius 3 is 2.73 bits per heavy atom. The molecule has 0 saturated heterocycles. The molecular weight excluding hydrogens is 192 g/mol. The first-order valence-corrected chi connectivity index (χ1v) is 5.67. The normalized spacial score (nSPS) is 12.5. The standard InChI is InChI=1S/C11H24N2O2/c1-4-6-10(9-15-3)13-8-5-7-11(14)12-2/h10,13H,4-9H2,1-3H3,(H,12,14). The SMILES string of the molecule is CCCC(COC)NCCCC(=O)NC. The van der Waals surface area contributed by atoms with Gasteiger partial charge in [0.05, 0.1) is 6.61 Å². The van der Waals surface area contributed by atoms with Crippen molar-refractivity contribution < 1.29 is 9.53 Å². The fourth-order valence-electron chi connectivity index (χ4n) is 1.47. The summed E-state index contributed by atoms with van der Waals surface area (Å²) in [4.78, 5) is 10.9. The zero-order chi connectivity index (χ0) is 11.5. The number of methoxy groups -OCH3 is 1. The lowest BCUT2D eigenvalue weighted by Crippen LogP contribution is -2.34. The van der Waals surface area contributed by atoms with E-state index in [0.717, 1.165) is 32.4 Å². The summed E-state index contributed by atoms with van der Waals surface area (Å²) in [7, 11) is 3.38. The number of carbonyl (C=O) groups excluding carboxylic acids is 1. The predicted molar refractivity (Wildman–Crippen MR) is 61.9 cm³/mol. The predicted octanol–water partition coefficient (Wildman–Crippen LogP) is 0.917. The van der Waals surface area contributed by atoms with E-state index < -0.39 is 0 Å². The van der Waals surface area contributed by atoms with Crippen molar-refractivity contribution in [3.05, 3.63) is 0 Å². The summed E-state index contributed by atoms with van der Waals surface area (Å²) in [5, 5.41) is 6.01. The average molecular weight is 216 g/mol. The molecule has 15 heavy (non-hydrogen) atoms. The molecule has 1 atom stereocenters. The molecule has 4 heteroatoms. The van der Waals surface area contributed by atoms with Crippen LogP contribution >= 0.6 is 0 Å². The Kier molecular flexibility index (Phi) is 9.52. The van der Waals surface area contributed by atoms with Crippen LogP contribution in [0.1, 0.15) is 32.6 Å². The van der Waals surface area contributed by atoms with Crippen LogP contribution in [-0.4, -0.2) is 39.3 Å². The molecule has 0 spiro atoms. The highest BCUT2D eigenvalue weighted by molar-refractivity contribution is 5.75. The van der Waals surface area contributed by atoms with E-state index in [0.29, 0.717) is 12.5 Å². The van der Waals surface area contributed by atoms with Gasteiger partial charge in [-0.2, -0.15) is 0 Å². The first-order valence-electron chi connectivity index (χ1n) is 5.67. The zero-order valence-corrected chi connectivity index (χ0v) is 10.1. The Labute approximate surface area is 92.8 Å². The smallest absolute Gasteiger partial charge is 0.219 e. The molecule has 0 aliphatic carbocycles. The van der Waals surface area contributed by atoms with Gasteiger partial charge in [0.15, 0.2) is 0 Å². The molecule has 0 aromatic carbocycles. The Balaban J connectivity index is 3.48. The molecule has 0 fully saturated rings. The second-order valence-corrected chi connectivity index (χ2v) is 3.67. The molecule has 0 aliphatic heterocycles. The average Bonchev–Trinajstić information content (AvgIpc) is 2.24. The highest BCUT2D eigenvalue weighted by Gasteiger charge is 2.06. The molecule has 0 aromatic rings. The highest BCUT2D eigenvalue weighted by atomic mass is 16.5. The van der Waals surface area contributed by atoms with Crippen LogP contribution in [0.2, 0.25) is 0 Å². The number of amides is 1. The summed E-state index contributed by atoms with van der Waals surface area (Å²) in [5.74, 6) is 0.107. The van der Waals surface area contributed by atoms with E-state index in [2.05, 4.69) is 17.6 Å². The molecule has 0 radical (unpaired) electrons. The van der Waals surface area contributed by atoms with E-state index in [1.54, 1.807) is 14.2 Å². The van der Waals surface area contributed by atoms with Gasteiger partial charge < -0.3 is 15.4 Å². The van der Waals surface area contributed by atoms with Crippen molar-refractivity contribution in [2.45, 2.75) is 38.6 Å². The van der Waals surface area contributed by atoms with Gasteiger partial charge in [0, 0.05) is 26.6 Å². The van der Waals surface area contributed by atoms with Crippen molar-refractivity contribution in [2.75, 3.05) is 27.3 Å². The Hall–Kier alpha value is -0.610. The van der Waals surface area contributed by atoms with Crippen LogP contribution in [0.25, 0.3) is 0 Å². The first-order chi connectivity index (χ1) is 7.24. The summed E-state index contributed by atoms with van der Waals surface area (Å²) >= 11 is 0. The summed E-state index contributed by atoms with van der Waals surface area (Å²) in [5.41, 5.74) is 0. The molecular formula is C11H24N2O2. The van der Waals surface area contributed by atoms with Crippen molar-refractivity contribution in [3.8, 4) is 0 Å². The van der Waals surface area contributed by atoms with Crippen LogP contribution in [0, 0.1) is 0 Å². The Morgan fingerprint density at radius 1 is 1.47 bits per heavy atom. The Morgan fingerprint density at radius 2 is 2.20 bits per heavy atom. The molecule has 0 saturated carbocycles. The number of rotatable bonds is 9. The maximum Gasteiger partial charge on any atom is 0.219 e.